The molecule has 1 N–H and O–H groups in total. The zero-order chi connectivity index (χ0) is 12.3. The van der Waals surface area contributed by atoms with Gasteiger partial charge in [-0.05, 0) is 27.2 Å². The monoisotopic (exact) mass is 226 g/mol. The highest BCUT2D eigenvalue weighted by atomic mass is 16.5. The summed E-state index contributed by atoms with van der Waals surface area (Å²) in [4.78, 5) is 11.8. The number of carbonyl (C=O) groups is 1. The van der Waals surface area contributed by atoms with Gasteiger partial charge in [-0.1, -0.05) is 12.1 Å². The van der Waals surface area contributed by atoms with Gasteiger partial charge in [0.25, 0.3) is 5.91 Å². The van der Waals surface area contributed by atoms with Crippen LogP contribution in [0.2, 0.25) is 0 Å². The van der Waals surface area contributed by atoms with E-state index in [0.29, 0.717) is 5.88 Å². The fourth-order valence-electron chi connectivity index (χ4n) is 1.25. The van der Waals surface area contributed by atoms with Crippen molar-refractivity contribution in [2.45, 2.75) is 39.7 Å². The van der Waals surface area contributed by atoms with Crippen molar-refractivity contribution in [3.05, 3.63) is 11.3 Å². The Morgan fingerprint density at radius 2 is 2.19 bits per heavy atom. The number of hydrogen-bond donors (Lipinski definition) is 1. The van der Waals surface area contributed by atoms with E-state index in [-0.39, 0.29) is 5.91 Å². The molecule has 0 atom stereocenters. The number of rotatable bonds is 4. The molecule has 1 amide bonds. The number of carbonyl (C=O) groups excluding carboxylic acids is 1. The summed E-state index contributed by atoms with van der Waals surface area (Å²) in [6.45, 7) is 7.21. The zero-order valence-electron chi connectivity index (χ0n) is 10.4. The molecule has 5 nitrogen and oxygen atoms in total. The highest BCUT2D eigenvalue weighted by molar-refractivity contribution is 5.96. The normalized spacial score (nSPS) is 11.6. The lowest BCUT2D eigenvalue weighted by molar-refractivity contribution is -0.133. The van der Waals surface area contributed by atoms with Gasteiger partial charge in [-0.3, -0.25) is 10.1 Å². The number of amides is 1. The van der Waals surface area contributed by atoms with Crippen LogP contribution in [0.25, 0.3) is 0 Å². The van der Waals surface area contributed by atoms with Crippen LogP contribution in [0.15, 0.2) is 4.52 Å². The number of nitrogens with zero attached hydrogens (tertiary/aromatic N) is 1. The topological polar surface area (TPSA) is 64.4 Å². The lowest BCUT2D eigenvalue weighted by Crippen LogP contribution is -2.38. The Bertz CT molecular complexity index is 383. The van der Waals surface area contributed by atoms with Crippen LogP contribution < -0.4 is 5.32 Å². The fraction of sp³-hybridized carbons (Fsp3) is 0.636. The van der Waals surface area contributed by atoms with Crippen LogP contribution in [0.3, 0.4) is 0 Å². The summed E-state index contributed by atoms with van der Waals surface area (Å²) >= 11 is 0. The van der Waals surface area contributed by atoms with Crippen LogP contribution in [-0.2, 0) is 16.0 Å². The third kappa shape index (κ3) is 2.41. The molecule has 1 aromatic heterocycles. The predicted molar refractivity (Wildman–Crippen MR) is 60.3 cm³/mol. The maximum absolute atomic E-state index is 11.8. The molecule has 0 bridgehead atoms. The second-order valence-electron chi connectivity index (χ2n) is 4.10. The molecular formula is C11H18N2O3. The van der Waals surface area contributed by atoms with Crippen molar-refractivity contribution in [2.24, 2.45) is 0 Å². The van der Waals surface area contributed by atoms with Crippen LogP contribution in [0.5, 0.6) is 0 Å². The Morgan fingerprint density at radius 1 is 1.56 bits per heavy atom. The van der Waals surface area contributed by atoms with Crippen molar-refractivity contribution in [1.29, 1.82) is 0 Å². The average Bonchev–Trinajstić information content (AvgIpc) is 2.59. The van der Waals surface area contributed by atoms with E-state index in [0.717, 1.165) is 17.7 Å². The van der Waals surface area contributed by atoms with Crippen molar-refractivity contribution < 1.29 is 14.1 Å². The number of hydrogen-bond acceptors (Lipinski definition) is 4. The van der Waals surface area contributed by atoms with E-state index in [1.807, 2.05) is 13.8 Å². The van der Waals surface area contributed by atoms with Gasteiger partial charge in [0.2, 0.25) is 5.88 Å². The van der Waals surface area contributed by atoms with E-state index in [1.54, 1.807) is 13.8 Å². The highest BCUT2D eigenvalue weighted by Crippen LogP contribution is 2.21. The first-order valence-corrected chi connectivity index (χ1v) is 5.24. The largest absolute Gasteiger partial charge is 0.369 e. The molecule has 0 saturated carbocycles. The first-order chi connectivity index (χ1) is 7.42. The zero-order valence-corrected chi connectivity index (χ0v) is 10.4. The molecule has 0 aliphatic heterocycles. The molecule has 0 aliphatic carbocycles. The van der Waals surface area contributed by atoms with Gasteiger partial charge in [0.05, 0.1) is 5.69 Å². The van der Waals surface area contributed by atoms with Gasteiger partial charge >= 0.3 is 0 Å². The summed E-state index contributed by atoms with van der Waals surface area (Å²) < 4.78 is 10.1. The Labute approximate surface area is 95.1 Å². The summed E-state index contributed by atoms with van der Waals surface area (Å²) in [5.74, 6) is 0.163. The second-order valence-corrected chi connectivity index (χ2v) is 4.10. The van der Waals surface area contributed by atoms with Crippen molar-refractivity contribution in [3.8, 4) is 0 Å². The lowest BCUT2D eigenvalue weighted by atomic mass is 10.1. The van der Waals surface area contributed by atoms with E-state index in [4.69, 9.17) is 9.26 Å². The Balaban J connectivity index is 2.85. The van der Waals surface area contributed by atoms with Crippen LogP contribution in [0, 0.1) is 6.92 Å². The van der Waals surface area contributed by atoms with E-state index in [1.165, 1.54) is 7.11 Å². The minimum atomic E-state index is -0.883. The van der Waals surface area contributed by atoms with Crippen molar-refractivity contribution in [1.82, 2.24) is 5.16 Å². The molecule has 0 aromatic carbocycles. The molecular weight excluding hydrogens is 208 g/mol. The number of aromatic nitrogens is 1. The first kappa shape index (κ1) is 12.7. The summed E-state index contributed by atoms with van der Waals surface area (Å²) in [6, 6.07) is 0. The molecule has 0 spiro atoms. The molecule has 0 fully saturated rings. The van der Waals surface area contributed by atoms with Gasteiger partial charge in [0, 0.05) is 12.7 Å². The highest BCUT2D eigenvalue weighted by Gasteiger charge is 2.28. The standard InChI is InChI=1S/C11H18N2O3/c1-6-8-7(2)13-16-9(8)12-10(14)11(3,4)15-5/h6H2,1-5H3,(H,12,14). The van der Waals surface area contributed by atoms with Crippen molar-refractivity contribution in [3.63, 3.8) is 0 Å². The third-order valence-electron chi connectivity index (χ3n) is 2.62. The summed E-state index contributed by atoms with van der Waals surface area (Å²) in [5, 5.41) is 6.50. The predicted octanol–water partition coefficient (Wildman–Crippen LogP) is 1.91. The van der Waals surface area contributed by atoms with E-state index >= 15 is 0 Å². The van der Waals surface area contributed by atoms with E-state index in [2.05, 4.69) is 10.5 Å². The van der Waals surface area contributed by atoms with E-state index in [9.17, 15) is 4.79 Å². The van der Waals surface area contributed by atoms with Crippen LogP contribution in [-0.4, -0.2) is 23.8 Å². The minimum Gasteiger partial charge on any atom is -0.369 e. The van der Waals surface area contributed by atoms with Gasteiger partial charge in [-0.15, -0.1) is 0 Å². The van der Waals surface area contributed by atoms with E-state index < -0.39 is 5.60 Å². The third-order valence-corrected chi connectivity index (χ3v) is 2.62. The van der Waals surface area contributed by atoms with Crippen LogP contribution in [0.4, 0.5) is 5.88 Å². The number of nitrogens with one attached hydrogen (secondary N) is 1. The number of anilines is 1. The SMILES string of the molecule is CCc1c(C)noc1NC(=O)C(C)(C)OC. The average molecular weight is 226 g/mol. The van der Waals surface area contributed by atoms with Gasteiger partial charge < -0.3 is 9.26 Å². The molecule has 0 unspecified atom stereocenters. The van der Waals surface area contributed by atoms with Crippen molar-refractivity contribution in [2.75, 3.05) is 12.4 Å². The van der Waals surface area contributed by atoms with Crippen LogP contribution >= 0.6 is 0 Å². The van der Waals surface area contributed by atoms with Gasteiger partial charge in [0.15, 0.2) is 0 Å². The maximum Gasteiger partial charge on any atom is 0.258 e. The van der Waals surface area contributed by atoms with Gasteiger partial charge in [0.1, 0.15) is 5.60 Å². The van der Waals surface area contributed by atoms with Gasteiger partial charge in [-0.2, -0.15) is 0 Å². The molecule has 5 heteroatoms. The smallest absolute Gasteiger partial charge is 0.258 e. The Hall–Kier alpha value is -1.36. The molecule has 1 heterocycles. The summed E-state index contributed by atoms with van der Waals surface area (Å²) in [6.07, 6.45) is 0.762. The number of ether oxygens (including phenoxy) is 1. The summed E-state index contributed by atoms with van der Waals surface area (Å²) in [5.41, 5.74) is 0.833. The molecule has 0 saturated heterocycles. The first-order valence-electron chi connectivity index (χ1n) is 5.24. The second kappa shape index (κ2) is 4.65. The molecule has 0 radical (unpaired) electrons. The molecule has 1 rings (SSSR count). The quantitative estimate of drug-likeness (QED) is 0.851. The molecule has 90 valence electrons. The Kier molecular flexibility index (Phi) is 3.70. The van der Waals surface area contributed by atoms with Gasteiger partial charge in [-0.25, -0.2) is 0 Å². The Morgan fingerprint density at radius 3 is 2.69 bits per heavy atom. The minimum absolute atomic E-state index is 0.249. The number of methoxy groups -OCH3 is 1. The lowest BCUT2D eigenvalue weighted by Gasteiger charge is -2.20. The maximum atomic E-state index is 11.8. The molecule has 16 heavy (non-hydrogen) atoms. The summed E-state index contributed by atoms with van der Waals surface area (Å²) in [7, 11) is 1.49. The molecule has 1 aromatic rings. The fourth-order valence-corrected chi connectivity index (χ4v) is 1.25. The van der Waals surface area contributed by atoms with Crippen molar-refractivity contribution >= 4 is 11.8 Å². The number of aryl methyl sites for hydroxylation is 1. The molecule has 0 aliphatic rings. The van der Waals surface area contributed by atoms with Crippen LogP contribution in [0.1, 0.15) is 32.0 Å².